The van der Waals surface area contributed by atoms with E-state index in [1.807, 2.05) is 0 Å². The topological polar surface area (TPSA) is 183 Å². The van der Waals surface area contributed by atoms with Crippen LogP contribution in [0.3, 0.4) is 0 Å². The lowest BCUT2D eigenvalue weighted by atomic mass is 9.88. The number of Topliss-reactive ketones (excluding diaryl/α,β-unsaturated/α-hetero) is 1. The van der Waals surface area contributed by atoms with Gasteiger partial charge in [0.05, 0.1) is 11.6 Å². The number of amides is 1. The summed E-state index contributed by atoms with van der Waals surface area (Å²) in [7, 11) is 2.53. The van der Waals surface area contributed by atoms with Gasteiger partial charge in [0, 0.05) is 11.0 Å². The molecular weight excluding hydrogens is 424 g/mol. The van der Waals surface area contributed by atoms with Crippen molar-refractivity contribution in [1.29, 1.82) is 0 Å². The molecule has 0 spiro atoms. The van der Waals surface area contributed by atoms with Crippen LogP contribution in [0, 0.1) is 5.92 Å². The van der Waals surface area contributed by atoms with E-state index in [1.165, 1.54) is 19.6 Å². The first-order valence-electron chi connectivity index (χ1n) is 7.96. The van der Waals surface area contributed by atoms with Gasteiger partial charge in [-0.3, -0.25) is 14.5 Å². The van der Waals surface area contributed by atoms with E-state index in [2.05, 4.69) is 20.1 Å². The summed E-state index contributed by atoms with van der Waals surface area (Å²) in [6.07, 6.45) is 1.13. The third-order valence-electron chi connectivity index (χ3n) is 4.11. The van der Waals surface area contributed by atoms with E-state index >= 15 is 0 Å². The van der Waals surface area contributed by atoms with Crippen LogP contribution in [0.25, 0.3) is 0 Å². The Labute approximate surface area is 172 Å². The fourth-order valence-corrected chi connectivity index (χ4v) is 4.80. The number of nitrogens with two attached hydrogens (primary N) is 2. The maximum Gasteiger partial charge on any atom is 0.353 e. The lowest BCUT2D eigenvalue weighted by Gasteiger charge is -2.49. The van der Waals surface area contributed by atoms with E-state index in [0.717, 1.165) is 34.2 Å². The van der Waals surface area contributed by atoms with E-state index in [-0.39, 0.29) is 27.8 Å². The summed E-state index contributed by atoms with van der Waals surface area (Å²) in [4.78, 5) is 51.9. The van der Waals surface area contributed by atoms with Crippen molar-refractivity contribution in [2.75, 3.05) is 20.0 Å². The number of fused-ring (bicyclic) bond motifs is 1. The molecule has 3 rings (SSSR count). The number of hydrogen-bond donors (Lipinski definition) is 3. The van der Waals surface area contributed by atoms with Crippen molar-refractivity contribution in [1.82, 2.24) is 9.88 Å². The van der Waals surface area contributed by atoms with Crippen LogP contribution >= 0.6 is 23.1 Å². The summed E-state index contributed by atoms with van der Waals surface area (Å²) in [6.45, 7) is 0. The highest BCUT2D eigenvalue weighted by atomic mass is 32.2. The molecule has 3 atom stereocenters. The van der Waals surface area contributed by atoms with E-state index in [1.54, 1.807) is 0 Å². The van der Waals surface area contributed by atoms with Gasteiger partial charge < -0.3 is 26.2 Å². The third-order valence-corrected chi connectivity index (χ3v) is 6.10. The molecule has 1 saturated heterocycles. The Morgan fingerprint density at radius 1 is 1.38 bits per heavy atom. The molecule has 3 heterocycles. The van der Waals surface area contributed by atoms with Gasteiger partial charge in [-0.1, -0.05) is 10.3 Å². The Bertz CT molecular complexity index is 957. The molecule has 1 aromatic heterocycles. The number of carboxylic acids is 1. The summed E-state index contributed by atoms with van der Waals surface area (Å²) in [5, 5.41) is 16.9. The van der Waals surface area contributed by atoms with Gasteiger partial charge in [0.2, 0.25) is 11.7 Å². The molecule has 0 radical (unpaired) electrons. The Morgan fingerprint density at radius 3 is 2.66 bits per heavy atom. The molecule has 0 saturated carbocycles. The molecule has 154 valence electrons. The molecule has 5 N–H and O–H groups in total. The van der Waals surface area contributed by atoms with Crippen molar-refractivity contribution in [2.45, 2.75) is 10.7 Å². The summed E-state index contributed by atoms with van der Waals surface area (Å²) in [5.74, 6) is -3.94. The van der Waals surface area contributed by atoms with Gasteiger partial charge in [-0.2, -0.15) is 0 Å². The average Bonchev–Trinajstić information content (AvgIpc) is 3.10. The third kappa shape index (κ3) is 3.56. The molecule has 0 aromatic carbocycles. The standard InChI is InChI=1S/C15H16N6O6S2/c1-26-18-3-5-9(14(24)25)21-12(23)7(13(21)29-11(5)16)10(22)8(20-27-2)6-4-28-15(17)19-6/h3-4,7,11,13H,16H2,1-2H3,(H2,17,19)(H,24,25)/t7?,11?,13-/m1/s1. The van der Waals surface area contributed by atoms with Gasteiger partial charge in [-0.05, 0) is 0 Å². The molecule has 29 heavy (non-hydrogen) atoms. The van der Waals surface area contributed by atoms with Gasteiger partial charge in [-0.15, -0.1) is 23.1 Å². The Balaban J connectivity index is 1.96. The number of ketones is 1. The number of aromatic nitrogens is 1. The van der Waals surface area contributed by atoms with Crippen molar-refractivity contribution < 1.29 is 29.2 Å². The van der Waals surface area contributed by atoms with Gasteiger partial charge in [0.15, 0.2) is 10.8 Å². The van der Waals surface area contributed by atoms with Crippen LogP contribution in [-0.4, -0.2) is 69.5 Å². The molecule has 2 unspecified atom stereocenters. The second kappa shape index (κ2) is 8.18. The quantitative estimate of drug-likeness (QED) is 0.215. The molecule has 2 aliphatic heterocycles. The molecule has 2 aliphatic rings. The number of carbonyl (C=O) groups excluding carboxylic acids is 2. The van der Waals surface area contributed by atoms with Crippen LogP contribution in [0.15, 0.2) is 27.0 Å². The zero-order chi connectivity index (χ0) is 21.3. The Morgan fingerprint density at radius 2 is 2.10 bits per heavy atom. The average molecular weight is 440 g/mol. The number of aliphatic carboxylic acids is 1. The fraction of sp³-hybridized carbons (Fsp3) is 0.333. The molecule has 0 aliphatic carbocycles. The number of carboxylic acid groups (broad SMARTS) is 1. The van der Waals surface area contributed by atoms with Gasteiger partial charge >= 0.3 is 5.97 Å². The van der Waals surface area contributed by atoms with Gasteiger partial charge in [-0.25, -0.2) is 9.78 Å². The number of oxime groups is 2. The minimum Gasteiger partial charge on any atom is -0.477 e. The number of carbonyl (C=O) groups is 3. The lowest BCUT2D eigenvalue weighted by Crippen LogP contribution is -2.66. The zero-order valence-electron chi connectivity index (χ0n) is 15.1. The summed E-state index contributed by atoms with van der Waals surface area (Å²) < 4.78 is 0. The second-order valence-electron chi connectivity index (χ2n) is 5.72. The highest BCUT2D eigenvalue weighted by molar-refractivity contribution is 8.00. The number of nitrogen functional groups attached to an aromatic ring is 1. The second-order valence-corrected chi connectivity index (χ2v) is 7.87. The van der Waals surface area contributed by atoms with Crippen LogP contribution in [0.1, 0.15) is 5.69 Å². The smallest absolute Gasteiger partial charge is 0.353 e. The Kier molecular flexibility index (Phi) is 5.86. The van der Waals surface area contributed by atoms with Gasteiger partial charge in [0.1, 0.15) is 36.9 Å². The SMILES string of the molecule is CON=CC1=C(C(=O)O)N2C(=O)C(C(=O)C(=NOC)c3csc(N)n3)[C@H]2SC1N. The molecule has 0 bridgehead atoms. The molecule has 1 amide bonds. The maximum absolute atomic E-state index is 13.0. The maximum atomic E-state index is 13.0. The van der Waals surface area contributed by atoms with Crippen LogP contribution in [0.5, 0.6) is 0 Å². The summed E-state index contributed by atoms with van der Waals surface area (Å²) in [5.41, 5.74) is 11.4. The summed E-state index contributed by atoms with van der Waals surface area (Å²) in [6, 6.07) is 0. The molecule has 1 fully saturated rings. The lowest BCUT2D eigenvalue weighted by molar-refractivity contribution is -0.155. The van der Waals surface area contributed by atoms with E-state index < -0.39 is 34.3 Å². The predicted molar refractivity (Wildman–Crippen MR) is 105 cm³/mol. The number of rotatable bonds is 7. The van der Waals surface area contributed by atoms with E-state index in [9.17, 15) is 19.5 Å². The first kappa shape index (κ1) is 20.8. The summed E-state index contributed by atoms with van der Waals surface area (Å²) >= 11 is 2.14. The van der Waals surface area contributed by atoms with E-state index in [0.29, 0.717) is 0 Å². The van der Waals surface area contributed by atoms with Gasteiger partial charge in [0.25, 0.3) is 0 Å². The molecule has 14 heteroatoms. The molecule has 12 nitrogen and oxygen atoms in total. The Hall–Kier alpha value is -2.97. The normalized spacial score (nSPS) is 24.4. The van der Waals surface area contributed by atoms with Crippen molar-refractivity contribution in [3.8, 4) is 0 Å². The minimum absolute atomic E-state index is 0.0953. The number of hydrogen-bond acceptors (Lipinski definition) is 12. The predicted octanol–water partition coefficient (Wildman–Crippen LogP) is -0.568. The largest absolute Gasteiger partial charge is 0.477 e. The first-order valence-corrected chi connectivity index (χ1v) is 9.78. The fourth-order valence-electron chi connectivity index (χ4n) is 2.90. The van der Waals surface area contributed by atoms with E-state index in [4.69, 9.17) is 16.3 Å². The molecular formula is C15H16N6O6S2. The van der Waals surface area contributed by atoms with Crippen molar-refractivity contribution in [2.24, 2.45) is 22.0 Å². The van der Waals surface area contributed by atoms with Crippen LogP contribution in [0.2, 0.25) is 0 Å². The number of anilines is 1. The minimum atomic E-state index is -1.37. The highest BCUT2D eigenvalue weighted by Gasteiger charge is 2.59. The number of thioether (sulfide) groups is 1. The van der Waals surface area contributed by atoms with Crippen LogP contribution in [-0.2, 0) is 24.1 Å². The first-order chi connectivity index (χ1) is 13.8. The number of β-lactam (4-membered cyclic amide) rings is 1. The van der Waals surface area contributed by atoms with Crippen molar-refractivity contribution in [3.63, 3.8) is 0 Å². The monoisotopic (exact) mass is 440 g/mol. The number of nitrogens with zero attached hydrogens (tertiary/aromatic N) is 4. The molecule has 1 aromatic rings. The van der Waals surface area contributed by atoms with Crippen LogP contribution < -0.4 is 11.5 Å². The van der Waals surface area contributed by atoms with Crippen LogP contribution in [0.4, 0.5) is 5.13 Å². The van der Waals surface area contributed by atoms with Crippen molar-refractivity contribution >= 4 is 57.8 Å². The highest BCUT2D eigenvalue weighted by Crippen LogP contribution is 2.46. The van der Waals surface area contributed by atoms with Crippen molar-refractivity contribution in [3.05, 3.63) is 22.3 Å². The number of thiazole rings is 1. The zero-order valence-corrected chi connectivity index (χ0v) is 16.8.